The molecule has 1 aromatic carbocycles. The van der Waals surface area contributed by atoms with E-state index in [4.69, 9.17) is 9.15 Å². The number of aryl methyl sites for hydroxylation is 1. The first-order chi connectivity index (χ1) is 15.3. The van der Waals surface area contributed by atoms with Crippen LogP contribution in [-0.2, 0) is 13.0 Å². The number of rotatable bonds is 7. The number of aromatic hydroxyl groups is 1. The molecule has 0 spiro atoms. The fourth-order valence-electron chi connectivity index (χ4n) is 5.14. The van der Waals surface area contributed by atoms with E-state index in [0.29, 0.717) is 23.6 Å². The number of allylic oxidation sites excluding steroid dienone is 2. The minimum atomic E-state index is -0.344. The standard InChI is InChI=1S/C25H33N3O4/c1-5-6-7-8-16-12-19-22(17-11-15(2)9-10-18(17)25(3,4)32-19)23(29)21(16)24(30)26-13-20-28-27-14-31-20/h11-12,14,17-18,29H,5-10,13H2,1-4H3,(H,26,30). The molecule has 1 aliphatic carbocycles. The van der Waals surface area contributed by atoms with Crippen LogP contribution in [0, 0.1) is 5.92 Å². The fourth-order valence-corrected chi connectivity index (χ4v) is 5.14. The molecule has 1 aliphatic heterocycles. The largest absolute Gasteiger partial charge is 0.507 e. The van der Waals surface area contributed by atoms with Gasteiger partial charge in [0.05, 0.1) is 12.1 Å². The number of fused-ring (bicyclic) bond motifs is 3. The molecule has 7 heteroatoms. The summed E-state index contributed by atoms with van der Waals surface area (Å²) in [7, 11) is 0. The van der Waals surface area contributed by atoms with Gasteiger partial charge in [-0.25, -0.2) is 0 Å². The van der Waals surface area contributed by atoms with E-state index < -0.39 is 0 Å². The minimum absolute atomic E-state index is 0.0229. The predicted molar refractivity (Wildman–Crippen MR) is 121 cm³/mol. The molecule has 0 saturated heterocycles. The van der Waals surface area contributed by atoms with Crippen LogP contribution < -0.4 is 10.1 Å². The highest BCUT2D eigenvalue weighted by molar-refractivity contribution is 5.99. The third kappa shape index (κ3) is 4.25. The monoisotopic (exact) mass is 439 g/mol. The highest BCUT2D eigenvalue weighted by Gasteiger charge is 2.46. The van der Waals surface area contributed by atoms with Gasteiger partial charge in [-0.15, -0.1) is 10.2 Å². The Labute approximate surface area is 189 Å². The molecule has 0 bridgehead atoms. The Kier molecular flexibility index (Phi) is 6.26. The Bertz CT molecular complexity index is 1010. The molecular formula is C25H33N3O4. The number of carbonyl (C=O) groups excluding carboxylic acids is 1. The van der Waals surface area contributed by atoms with Gasteiger partial charge in [0.1, 0.15) is 17.1 Å². The van der Waals surface area contributed by atoms with Gasteiger partial charge in [-0.2, -0.15) is 0 Å². The smallest absolute Gasteiger partial charge is 0.255 e. The van der Waals surface area contributed by atoms with E-state index in [0.717, 1.165) is 43.2 Å². The van der Waals surface area contributed by atoms with Gasteiger partial charge in [0.2, 0.25) is 12.3 Å². The summed E-state index contributed by atoms with van der Waals surface area (Å²) in [6.07, 6.45) is 9.26. The maximum atomic E-state index is 13.2. The van der Waals surface area contributed by atoms with Gasteiger partial charge >= 0.3 is 0 Å². The summed E-state index contributed by atoms with van der Waals surface area (Å²) in [5, 5.41) is 21.8. The molecule has 172 valence electrons. The molecule has 2 N–H and O–H groups in total. The molecular weight excluding hydrogens is 406 g/mol. The molecule has 0 fully saturated rings. The molecule has 4 rings (SSSR count). The molecule has 32 heavy (non-hydrogen) atoms. The Morgan fingerprint density at radius 2 is 2.16 bits per heavy atom. The van der Waals surface area contributed by atoms with Crippen molar-refractivity contribution in [2.45, 2.75) is 84.3 Å². The number of hydrogen-bond donors (Lipinski definition) is 2. The molecule has 1 amide bonds. The average molecular weight is 440 g/mol. The number of benzene rings is 1. The Balaban J connectivity index is 1.77. The first-order valence-electron chi connectivity index (χ1n) is 11.6. The molecule has 0 radical (unpaired) electrons. The summed E-state index contributed by atoms with van der Waals surface area (Å²) in [5.74, 6) is 0.972. The van der Waals surface area contributed by atoms with Crippen LogP contribution >= 0.6 is 0 Å². The summed E-state index contributed by atoms with van der Waals surface area (Å²) < 4.78 is 11.6. The first kappa shape index (κ1) is 22.4. The fraction of sp³-hybridized carbons (Fsp3) is 0.560. The summed E-state index contributed by atoms with van der Waals surface area (Å²) in [4.78, 5) is 13.2. The molecule has 1 aromatic heterocycles. The number of amides is 1. The number of ether oxygens (including phenoxy) is 1. The number of nitrogens with zero attached hydrogens (tertiary/aromatic N) is 2. The molecule has 7 nitrogen and oxygen atoms in total. The van der Waals surface area contributed by atoms with Gasteiger partial charge in [-0.05, 0) is 58.1 Å². The molecule has 0 saturated carbocycles. The number of nitrogens with one attached hydrogen (secondary N) is 1. The highest BCUT2D eigenvalue weighted by atomic mass is 16.5. The van der Waals surface area contributed by atoms with Crippen LogP contribution in [0.2, 0.25) is 0 Å². The topological polar surface area (TPSA) is 97.5 Å². The SMILES string of the molecule is CCCCCc1cc2c(c(O)c1C(=O)NCc1nnco1)C1C=C(C)CCC1C(C)(C)O2. The van der Waals surface area contributed by atoms with Gasteiger partial charge in [0.25, 0.3) is 5.91 Å². The summed E-state index contributed by atoms with van der Waals surface area (Å²) >= 11 is 0. The van der Waals surface area contributed by atoms with Crippen LogP contribution in [0.4, 0.5) is 0 Å². The number of phenols is 1. The van der Waals surface area contributed by atoms with E-state index in [9.17, 15) is 9.90 Å². The zero-order valence-corrected chi connectivity index (χ0v) is 19.4. The maximum absolute atomic E-state index is 13.2. The second kappa shape index (κ2) is 8.96. The van der Waals surface area contributed by atoms with Gasteiger partial charge in [0.15, 0.2) is 0 Å². The quantitative estimate of drug-likeness (QED) is 0.463. The summed E-state index contributed by atoms with van der Waals surface area (Å²) in [6, 6.07) is 1.97. The zero-order valence-electron chi connectivity index (χ0n) is 19.4. The lowest BCUT2D eigenvalue weighted by atomic mass is 9.67. The Morgan fingerprint density at radius 1 is 1.34 bits per heavy atom. The second-order valence-corrected chi connectivity index (χ2v) is 9.53. The van der Waals surface area contributed by atoms with Crippen molar-refractivity contribution < 1.29 is 19.1 Å². The van der Waals surface area contributed by atoms with Crippen LogP contribution in [0.5, 0.6) is 11.5 Å². The number of carbonyl (C=O) groups is 1. The van der Waals surface area contributed by atoms with Crippen molar-refractivity contribution in [3.05, 3.63) is 46.7 Å². The van der Waals surface area contributed by atoms with Crippen molar-refractivity contribution in [3.63, 3.8) is 0 Å². The molecule has 2 aliphatic rings. The lowest BCUT2D eigenvalue weighted by Crippen LogP contribution is -2.45. The van der Waals surface area contributed by atoms with Crippen LogP contribution in [0.1, 0.15) is 93.1 Å². The van der Waals surface area contributed by atoms with E-state index >= 15 is 0 Å². The molecule has 2 atom stereocenters. The van der Waals surface area contributed by atoms with Crippen LogP contribution in [0.25, 0.3) is 0 Å². The van der Waals surface area contributed by atoms with E-state index in [1.165, 1.54) is 12.0 Å². The van der Waals surface area contributed by atoms with Crippen molar-refractivity contribution in [1.29, 1.82) is 0 Å². The Hall–Kier alpha value is -2.83. The van der Waals surface area contributed by atoms with Crippen LogP contribution in [-0.4, -0.2) is 26.8 Å². The van der Waals surface area contributed by atoms with Crippen molar-refractivity contribution in [2.24, 2.45) is 5.92 Å². The number of hydrogen-bond acceptors (Lipinski definition) is 6. The van der Waals surface area contributed by atoms with Crippen molar-refractivity contribution in [2.75, 3.05) is 0 Å². The summed E-state index contributed by atoms with van der Waals surface area (Å²) in [5.41, 5.74) is 2.84. The number of unbranched alkanes of at least 4 members (excludes halogenated alkanes) is 2. The van der Waals surface area contributed by atoms with Crippen LogP contribution in [0.15, 0.2) is 28.5 Å². The predicted octanol–water partition coefficient (Wildman–Crippen LogP) is 5.05. The minimum Gasteiger partial charge on any atom is -0.507 e. The third-order valence-electron chi connectivity index (χ3n) is 6.81. The maximum Gasteiger partial charge on any atom is 0.255 e. The normalized spacial score (nSPS) is 21.2. The average Bonchev–Trinajstić information content (AvgIpc) is 3.25. The van der Waals surface area contributed by atoms with Gasteiger partial charge in [0, 0.05) is 17.4 Å². The number of aromatic nitrogens is 2. The van der Waals surface area contributed by atoms with E-state index in [1.54, 1.807) is 0 Å². The lowest BCUT2D eigenvalue weighted by Gasteiger charge is -2.46. The summed E-state index contributed by atoms with van der Waals surface area (Å²) in [6.45, 7) is 8.64. The first-order valence-corrected chi connectivity index (χ1v) is 11.6. The van der Waals surface area contributed by atoms with Crippen molar-refractivity contribution in [3.8, 4) is 11.5 Å². The van der Waals surface area contributed by atoms with Gasteiger partial charge in [-0.1, -0.05) is 31.4 Å². The van der Waals surface area contributed by atoms with Crippen molar-refractivity contribution in [1.82, 2.24) is 15.5 Å². The van der Waals surface area contributed by atoms with E-state index in [2.05, 4.69) is 49.3 Å². The second-order valence-electron chi connectivity index (χ2n) is 9.53. The Morgan fingerprint density at radius 3 is 2.88 bits per heavy atom. The van der Waals surface area contributed by atoms with E-state index in [1.807, 2.05) is 6.07 Å². The molecule has 2 heterocycles. The molecule has 2 unspecified atom stereocenters. The highest BCUT2D eigenvalue weighted by Crippen LogP contribution is 2.54. The zero-order chi connectivity index (χ0) is 22.9. The van der Waals surface area contributed by atoms with Gasteiger partial charge in [-0.3, -0.25) is 4.79 Å². The molecule has 2 aromatic rings. The number of phenolic OH excluding ortho intramolecular Hbond substituents is 1. The third-order valence-corrected chi connectivity index (χ3v) is 6.81. The lowest BCUT2D eigenvalue weighted by molar-refractivity contribution is 0.0107. The van der Waals surface area contributed by atoms with Crippen LogP contribution in [0.3, 0.4) is 0 Å². The van der Waals surface area contributed by atoms with E-state index in [-0.39, 0.29) is 35.6 Å². The van der Waals surface area contributed by atoms with Crippen molar-refractivity contribution >= 4 is 5.91 Å². The van der Waals surface area contributed by atoms with Gasteiger partial charge < -0.3 is 19.6 Å².